The highest BCUT2D eigenvalue weighted by Gasteiger charge is 1.97. The molecule has 0 aliphatic heterocycles. The molecule has 0 aliphatic rings. The number of carbonyl (C=O) groups is 1. The highest BCUT2D eigenvalue weighted by Crippen LogP contribution is 1.81. The lowest BCUT2D eigenvalue weighted by atomic mass is 10.4. The van der Waals surface area contributed by atoms with E-state index in [9.17, 15) is 4.79 Å². The molecule has 1 N–H and O–H groups in total. The van der Waals surface area contributed by atoms with Gasteiger partial charge in [0.05, 0.1) is 0 Å². The molecule has 0 aromatic heterocycles. The van der Waals surface area contributed by atoms with Crippen LogP contribution in [0, 0.1) is 11.3 Å². The Labute approximate surface area is 60.6 Å². The number of nitriles is 1. The molecule has 3 nitrogen and oxygen atoms in total. The van der Waals surface area contributed by atoms with E-state index in [1.165, 1.54) is 12.5 Å². The van der Waals surface area contributed by atoms with Crippen molar-refractivity contribution in [2.75, 3.05) is 0 Å². The van der Waals surface area contributed by atoms with Gasteiger partial charge in [0.25, 0.3) is 0 Å². The largest absolute Gasteiger partial charge is 0.477 e. The molecule has 0 radical (unpaired) electrons. The van der Waals surface area contributed by atoms with Gasteiger partial charge in [0.15, 0.2) is 0 Å². The van der Waals surface area contributed by atoms with Crippen LogP contribution in [-0.4, -0.2) is 11.1 Å². The molecule has 10 heavy (non-hydrogen) atoms. The van der Waals surface area contributed by atoms with E-state index in [0.29, 0.717) is 0 Å². The van der Waals surface area contributed by atoms with E-state index in [-0.39, 0.29) is 0 Å². The summed E-state index contributed by atoms with van der Waals surface area (Å²) in [4.78, 5) is 9.61. The minimum Gasteiger partial charge on any atom is -0.477 e. The van der Waals surface area contributed by atoms with Crippen molar-refractivity contribution >= 4 is 5.97 Å². The maximum Gasteiger partial charge on any atom is 0.345 e. The normalized spacial score (nSPS) is 6.50. The molecule has 0 amide bonds. The number of hydrogen-bond acceptors (Lipinski definition) is 2. The topological polar surface area (TPSA) is 61.1 Å². The van der Waals surface area contributed by atoms with Crippen LogP contribution >= 0.6 is 0 Å². The molecule has 56 valence electrons. The van der Waals surface area contributed by atoms with Gasteiger partial charge in [-0.05, 0) is 0 Å². The summed E-state index contributed by atoms with van der Waals surface area (Å²) in [6.45, 7) is 7.16. The molecular formula is C7H11NO2. The Morgan fingerprint density at radius 3 is 2.00 bits per heavy atom. The van der Waals surface area contributed by atoms with Crippen molar-refractivity contribution in [3.8, 4) is 6.07 Å². The number of rotatable bonds is 1. The van der Waals surface area contributed by atoms with E-state index in [1.807, 2.05) is 0 Å². The van der Waals surface area contributed by atoms with Gasteiger partial charge in [-0.3, -0.25) is 0 Å². The number of hydrogen-bond donors (Lipinski definition) is 1. The van der Waals surface area contributed by atoms with E-state index in [2.05, 4.69) is 20.4 Å². The molecule has 0 rings (SSSR count). The average Bonchev–Trinajstić information content (AvgIpc) is 1.88. The highest BCUT2D eigenvalue weighted by atomic mass is 16.4. The van der Waals surface area contributed by atoms with Crippen molar-refractivity contribution < 1.29 is 9.90 Å². The molecule has 0 heterocycles. The lowest BCUT2D eigenvalue weighted by molar-refractivity contribution is -0.132. The lowest BCUT2D eigenvalue weighted by Gasteiger charge is -1.76. The van der Waals surface area contributed by atoms with E-state index in [4.69, 9.17) is 10.4 Å². The first-order valence-corrected chi connectivity index (χ1v) is 2.92. The van der Waals surface area contributed by atoms with Crippen LogP contribution in [0.25, 0.3) is 0 Å². The van der Waals surface area contributed by atoms with Gasteiger partial charge in [-0.1, -0.05) is 26.8 Å². The third-order valence-electron chi connectivity index (χ3n) is 0.393. The molecule has 0 atom stereocenters. The van der Waals surface area contributed by atoms with Crippen LogP contribution in [0.3, 0.4) is 0 Å². The molecule has 0 saturated carbocycles. The maximum absolute atomic E-state index is 9.61. The Bertz CT molecular complexity index is 155. The van der Waals surface area contributed by atoms with Crippen molar-refractivity contribution in [2.24, 2.45) is 0 Å². The zero-order valence-corrected chi connectivity index (χ0v) is 6.22. The van der Waals surface area contributed by atoms with Crippen LogP contribution in [0.15, 0.2) is 12.2 Å². The second-order valence-corrected chi connectivity index (χ2v) is 1.60. The van der Waals surface area contributed by atoms with Crippen molar-refractivity contribution in [3.05, 3.63) is 12.2 Å². The van der Waals surface area contributed by atoms with E-state index in [1.54, 1.807) is 0 Å². The number of nitrogens with zero attached hydrogens (tertiary/aromatic N) is 1. The fourth-order valence-electron chi connectivity index (χ4n) is 0.0478. The first-order valence-electron chi connectivity index (χ1n) is 2.92. The quantitative estimate of drug-likeness (QED) is 0.445. The summed E-state index contributed by atoms with van der Waals surface area (Å²) in [6.07, 6.45) is 1.25. The fourth-order valence-corrected chi connectivity index (χ4v) is 0.0478. The average molecular weight is 141 g/mol. The summed E-state index contributed by atoms with van der Waals surface area (Å²) in [5.74, 6) is -1.26. The third-order valence-corrected chi connectivity index (χ3v) is 0.393. The summed E-state index contributed by atoms with van der Waals surface area (Å²) in [6, 6.07) is 1.37. The Morgan fingerprint density at radius 2 is 2.00 bits per heavy atom. The molecule has 0 fully saturated rings. The summed E-state index contributed by atoms with van der Waals surface area (Å²) in [7, 11) is 0. The first-order chi connectivity index (χ1) is 4.59. The summed E-state index contributed by atoms with van der Waals surface area (Å²) in [5.41, 5.74) is -0.431. The van der Waals surface area contributed by atoms with Crippen LogP contribution in [-0.2, 0) is 4.79 Å². The lowest BCUT2D eigenvalue weighted by Crippen LogP contribution is -1.94. The van der Waals surface area contributed by atoms with Gasteiger partial charge in [0.1, 0.15) is 11.6 Å². The highest BCUT2D eigenvalue weighted by molar-refractivity contribution is 5.90. The standard InChI is InChI=1S/C4H3NO2.C3H8/c1-3(2-5)4(6)7;1-3-2/h1H2,(H,6,7);3H2,1-2H3. The summed E-state index contributed by atoms with van der Waals surface area (Å²) in [5, 5.41) is 15.6. The Balaban J connectivity index is 0. The van der Waals surface area contributed by atoms with Gasteiger partial charge in [0, 0.05) is 0 Å². The smallest absolute Gasteiger partial charge is 0.345 e. The monoisotopic (exact) mass is 141 g/mol. The molecule has 3 heteroatoms. The molecular weight excluding hydrogens is 130 g/mol. The van der Waals surface area contributed by atoms with E-state index in [0.717, 1.165) is 0 Å². The Hall–Kier alpha value is -1.30. The van der Waals surface area contributed by atoms with Crippen molar-refractivity contribution in [2.45, 2.75) is 20.3 Å². The van der Waals surface area contributed by atoms with Crippen molar-refractivity contribution in [1.29, 1.82) is 5.26 Å². The van der Waals surface area contributed by atoms with Crippen LogP contribution in [0.1, 0.15) is 20.3 Å². The molecule has 0 saturated heterocycles. The number of carboxylic acid groups (broad SMARTS) is 1. The van der Waals surface area contributed by atoms with Gasteiger partial charge in [0.2, 0.25) is 0 Å². The molecule has 0 bridgehead atoms. The third kappa shape index (κ3) is 9.85. The van der Waals surface area contributed by atoms with Gasteiger partial charge < -0.3 is 5.11 Å². The van der Waals surface area contributed by atoms with Gasteiger partial charge in [-0.15, -0.1) is 0 Å². The molecule has 0 unspecified atom stereocenters. The minimum absolute atomic E-state index is 0.431. The minimum atomic E-state index is -1.26. The van der Waals surface area contributed by atoms with Crippen LogP contribution in [0.2, 0.25) is 0 Å². The SMILES string of the molecule is C=C(C#N)C(=O)O.CCC. The number of carboxylic acids is 1. The maximum atomic E-state index is 9.61. The van der Waals surface area contributed by atoms with Crippen LogP contribution in [0.4, 0.5) is 0 Å². The zero-order chi connectivity index (χ0) is 8.57. The number of aliphatic carboxylic acids is 1. The molecule has 0 spiro atoms. The molecule has 0 aliphatic carbocycles. The zero-order valence-electron chi connectivity index (χ0n) is 6.22. The van der Waals surface area contributed by atoms with Crippen molar-refractivity contribution in [1.82, 2.24) is 0 Å². The summed E-state index contributed by atoms with van der Waals surface area (Å²) >= 11 is 0. The second-order valence-electron chi connectivity index (χ2n) is 1.60. The Morgan fingerprint density at radius 1 is 1.70 bits per heavy atom. The van der Waals surface area contributed by atoms with E-state index < -0.39 is 11.5 Å². The Kier molecular flexibility index (Phi) is 8.85. The fraction of sp³-hybridized carbons (Fsp3) is 0.429. The van der Waals surface area contributed by atoms with Gasteiger partial charge in [-0.2, -0.15) is 5.26 Å². The van der Waals surface area contributed by atoms with Crippen LogP contribution < -0.4 is 0 Å². The van der Waals surface area contributed by atoms with Crippen molar-refractivity contribution in [3.63, 3.8) is 0 Å². The molecule has 0 aromatic carbocycles. The van der Waals surface area contributed by atoms with Crippen LogP contribution in [0.5, 0.6) is 0 Å². The summed E-state index contributed by atoms with van der Waals surface area (Å²) < 4.78 is 0. The molecule has 0 aromatic rings. The predicted octanol–water partition coefficient (Wildman–Crippen LogP) is 1.57. The van der Waals surface area contributed by atoms with Gasteiger partial charge in [-0.25, -0.2) is 4.79 Å². The second kappa shape index (κ2) is 7.70. The van der Waals surface area contributed by atoms with Gasteiger partial charge >= 0.3 is 5.97 Å². The predicted molar refractivity (Wildman–Crippen MR) is 38.4 cm³/mol. The first kappa shape index (κ1) is 11.5. The van der Waals surface area contributed by atoms with E-state index >= 15 is 0 Å².